The van der Waals surface area contributed by atoms with Gasteiger partial charge in [0, 0.05) is 18.7 Å². The van der Waals surface area contributed by atoms with E-state index in [1.165, 1.54) is 0 Å². The minimum atomic E-state index is -0.407. The molecule has 0 bridgehead atoms. The van der Waals surface area contributed by atoms with E-state index in [-0.39, 0.29) is 18.2 Å². The van der Waals surface area contributed by atoms with Gasteiger partial charge in [0.2, 0.25) is 11.8 Å². The predicted octanol–water partition coefficient (Wildman–Crippen LogP) is 2.20. The number of rotatable bonds is 5. The van der Waals surface area contributed by atoms with Crippen molar-refractivity contribution in [2.45, 2.75) is 6.42 Å². The molecule has 1 unspecified atom stereocenters. The Morgan fingerprint density at radius 3 is 2.80 bits per heavy atom. The average Bonchev–Trinajstić information content (AvgIpc) is 3.04. The molecule has 2 aromatic carbocycles. The monoisotopic (exact) mass is 337 g/mol. The summed E-state index contributed by atoms with van der Waals surface area (Å²) in [5, 5.41) is 3.97. The lowest BCUT2D eigenvalue weighted by Crippen LogP contribution is -2.30. The van der Waals surface area contributed by atoms with Gasteiger partial charge in [-0.25, -0.2) is 5.43 Å². The van der Waals surface area contributed by atoms with Gasteiger partial charge in [-0.05, 0) is 29.8 Å². The van der Waals surface area contributed by atoms with Crippen LogP contribution in [-0.2, 0) is 9.59 Å². The minimum Gasteiger partial charge on any atom is -0.497 e. The van der Waals surface area contributed by atoms with Gasteiger partial charge >= 0.3 is 0 Å². The molecule has 3 rings (SSSR count). The molecule has 0 radical (unpaired) electrons. The van der Waals surface area contributed by atoms with Crippen LogP contribution in [0.2, 0.25) is 0 Å². The fourth-order valence-corrected chi connectivity index (χ4v) is 2.72. The van der Waals surface area contributed by atoms with Gasteiger partial charge in [-0.2, -0.15) is 5.10 Å². The van der Waals surface area contributed by atoms with E-state index in [2.05, 4.69) is 10.5 Å². The van der Waals surface area contributed by atoms with Crippen LogP contribution < -0.4 is 15.1 Å². The molecule has 1 N–H and O–H groups in total. The molecular weight excluding hydrogens is 318 g/mol. The lowest BCUT2D eigenvalue weighted by atomic mass is 10.1. The van der Waals surface area contributed by atoms with Crippen molar-refractivity contribution < 1.29 is 14.3 Å². The van der Waals surface area contributed by atoms with Gasteiger partial charge in [0.15, 0.2) is 0 Å². The number of carbonyl (C=O) groups is 2. The second-order valence-electron chi connectivity index (χ2n) is 5.75. The number of hydrazone groups is 1. The van der Waals surface area contributed by atoms with Gasteiger partial charge in [-0.1, -0.05) is 30.3 Å². The second kappa shape index (κ2) is 7.61. The first-order chi connectivity index (χ1) is 12.2. The van der Waals surface area contributed by atoms with Crippen molar-refractivity contribution in [3.05, 3.63) is 60.2 Å². The van der Waals surface area contributed by atoms with Crippen LogP contribution in [0, 0.1) is 5.92 Å². The molecule has 2 amide bonds. The number of nitrogens with zero attached hydrogens (tertiary/aromatic N) is 2. The number of methoxy groups -OCH3 is 1. The highest BCUT2D eigenvalue weighted by Crippen LogP contribution is 2.24. The van der Waals surface area contributed by atoms with E-state index in [9.17, 15) is 9.59 Å². The van der Waals surface area contributed by atoms with Crippen LogP contribution in [0.1, 0.15) is 12.0 Å². The van der Waals surface area contributed by atoms with E-state index in [0.717, 1.165) is 17.0 Å². The number of carbonyl (C=O) groups excluding carboxylic acids is 2. The van der Waals surface area contributed by atoms with Gasteiger partial charge in [-0.15, -0.1) is 0 Å². The van der Waals surface area contributed by atoms with Crippen LogP contribution in [0.25, 0.3) is 0 Å². The fraction of sp³-hybridized carbons (Fsp3) is 0.211. The van der Waals surface area contributed by atoms with E-state index in [0.29, 0.717) is 6.54 Å². The first-order valence-corrected chi connectivity index (χ1v) is 8.00. The first-order valence-electron chi connectivity index (χ1n) is 8.00. The number of hydrogen-bond acceptors (Lipinski definition) is 4. The highest BCUT2D eigenvalue weighted by atomic mass is 16.5. The topological polar surface area (TPSA) is 71.0 Å². The zero-order chi connectivity index (χ0) is 17.6. The Hall–Kier alpha value is -3.15. The van der Waals surface area contributed by atoms with Crippen LogP contribution in [0.3, 0.4) is 0 Å². The van der Waals surface area contributed by atoms with Crippen molar-refractivity contribution in [2.24, 2.45) is 11.0 Å². The van der Waals surface area contributed by atoms with Crippen LogP contribution in [0.5, 0.6) is 5.75 Å². The van der Waals surface area contributed by atoms with Crippen LogP contribution in [0.15, 0.2) is 59.7 Å². The van der Waals surface area contributed by atoms with E-state index in [1.807, 2.05) is 54.6 Å². The number of hydrogen-bond donors (Lipinski definition) is 1. The Kier molecular flexibility index (Phi) is 5.09. The smallest absolute Gasteiger partial charge is 0.245 e. The van der Waals surface area contributed by atoms with E-state index < -0.39 is 5.92 Å². The molecule has 0 aliphatic carbocycles. The molecule has 1 atom stereocenters. The quantitative estimate of drug-likeness (QED) is 0.672. The maximum absolute atomic E-state index is 12.3. The summed E-state index contributed by atoms with van der Waals surface area (Å²) in [5.41, 5.74) is 4.13. The van der Waals surface area contributed by atoms with Gasteiger partial charge in [0.05, 0.1) is 19.2 Å². The van der Waals surface area contributed by atoms with Gasteiger partial charge in [-0.3, -0.25) is 9.59 Å². The third kappa shape index (κ3) is 4.03. The molecular formula is C19H19N3O3. The predicted molar refractivity (Wildman–Crippen MR) is 95.6 cm³/mol. The summed E-state index contributed by atoms with van der Waals surface area (Å²) in [6.07, 6.45) is 1.74. The Morgan fingerprint density at radius 1 is 1.24 bits per heavy atom. The minimum absolute atomic E-state index is 0.0527. The summed E-state index contributed by atoms with van der Waals surface area (Å²) in [6.45, 7) is 0.364. The molecule has 1 aliphatic heterocycles. The molecule has 2 aromatic rings. The molecule has 0 saturated carbocycles. The first kappa shape index (κ1) is 16.7. The SMILES string of the molecule is COc1cccc(/C=N/NC(=O)C2CC(=O)N(c3ccccc3)C2)c1. The molecule has 1 fully saturated rings. The maximum Gasteiger partial charge on any atom is 0.245 e. The second-order valence-corrected chi connectivity index (χ2v) is 5.75. The molecule has 0 spiro atoms. The summed E-state index contributed by atoms with van der Waals surface area (Å²) in [7, 11) is 1.59. The Morgan fingerprint density at radius 2 is 2.04 bits per heavy atom. The summed E-state index contributed by atoms with van der Waals surface area (Å²) < 4.78 is 5.14. The van der Waals surface area contributed by atoms with Crippen LogP contribution in [0.4, 0.5) is 5.69 Å². The lowest BCUT2D eigenvalue weighted by molar-refractivity contribution is -0.126. The van der Waals surface area contributed by atoms with Crippen molar-refractivity contribution in [3.8, 4) is 5.75 Å². The lowest BCUT2D eigenvalue weighted by Gasteiger charge is -2.16. The van der Waals surface area contributed by atoms with Gasteiger partial charge in [0.25, 0.3) is 0 Å². The van der Waals surface area contributed by atoms with E-state index in [4.69, 9.17) is 4.74 Å². The van der Waals surface area contributed by atoms with Crippen molar-refractivity contribution in [1.29, 1.82) is 0 Å². The normalized spacial score (nSPS) is 17.1. The number of ether oxygens (including phenoxy) is 1. The Bertz CT molecular complexity index is 790. The highest BCUT2D eigenvalue weighted by molar-refractivity contribution is 6.00. The molecule has 1 aliphatic rings. The molecule has 0 aromatic heterocycles. The van der Waals surface area contributed by atoms with Crippen molar-refractivity contribution in [2.75, 3.05) is 18.6 Å². The standard InChI is InChI=1S/C19H19N3O3/c1-25-17-9-5-6-14(10-17)12-20-21-19(24)15-11-18(23)22(13-15)16-7-3-2-4-8-16/h2-10,12,15H,11,13H2,1H3,(H,21,24)/b20-12+. The summed E-state index contributed by atoms with van der Waals surface area (Å²) in [4.78, 5) is 26.0. The van der Waals surface area contributed by atoms with Crippen molar-refractivity contribution in [3.63, 3.8) is 0 Å². The fourth-order valence-electron chi connectivity index (χ4n) is 2.72. The van der Waals surface area contributed by atoms with Gasteiger partial charge in [0.1, 0.15) is 5.75 Å². The molecule has 1 heterocycles. The zero-order valence-electron chi connectivity index (χ0n) is 13.9. The molecule has 6 heteroatoms. The zero-order valence-corrected chi connectivity index (χ0v) is 13.9. The number of amides is 2. The molecule has 1 saturated heterocycles. The summed E-state index contributed by atoms with van der Waals surface area (Å²) in [6, 6.07) is 16.7. The van der Waals surface area contributed by atoms with E-state index in [1.54, 1.807) is 18.2 Å². The van der Waals surface area contributed by atoms with Crippen molar-refractivity contribution in [1.82, 2.24) is 5.43 Å². The Labute approximate surface area is 146 Å². The van der Waals surface area contributed by atoms with Crippen LogP contribution in [-0.4, -0.2) is 31.7 Å². The molecule has 6 nitrogen and oxygen atoms in total. The van der Waals surface area contributed by atoms with Crippen LogP contribution >= 0.6 is 0 Å². The number of benzene rings is 2. The third-order valence-electron chi connectivity index (χ3n) is 4.05. The maximum atomic E-state index is 12.3. The summed E-state index contributed by atoms with van der Waals surface area (Å²) in [5.74, 6) is -0.000567. The van der Waals surface area contributed by atoms with Crippen molar-refractivity contribution >= 4 is 23.7 Å². The molecule has 128 valence electrons. The Balaban J connectivity index is 1.58. The van der Waals surface area contributed by atoms with E-state index >= 15 is 0 Å². The largest absolute Gasteiger partial charge is 0.497 e. The van der Waals surface area contributed by atoms with Gasteiger partial charge < -0.3 is 9.64 Å². The highest BCUT2D eigenvalue weighted by Gasteiger charge is 2.34. The number of para-hydroxylation sites is 1. The summed E-state index contributed by atoms with van der Waals surface area (Å²) >= 11 is 0. The average molecular weight is 337 g/mol. The molecule has 25 heavy (non-hydrogen) atoms. The number of anilines is 1. The number of nitrogens with one attached hydrogen (secondary N) is 1. The third-order valence-corrected chi connectivity index (χ3v) is 4.05.